The Labute approximate surface area is 367 Å². The van der Waals surface area contributed by atoms with Crippen molar-refractivity contribution in [2.45, 2.75) is 154 Å². The predicted octanol–water partition coefficient (Wildman–Crippen LogP) is 2.90. The maximum atomic E-state index is 13.7. The molecule has 2 aromatic rings. The lowest BCUT2D eigenvalue weighted by atomic mass is 9.43. The van der Waals surface area contributed by atoms with Crippen molar-refractivity contribution in [3.05, 3.63) is 59.7 Å². The minimum Gasteiger partial charge on any atom is -0.404 e. The third kappa shape index (κ3) is 11.4. The third-order valence-corrected chi connectivity index (χ3v) is 13.5. The number of hydrogen-bond donors (Lipinski definition) is 8. The lowest BCUT2D eigenvalue weighted by Gasteiger charge is -2.64. The fourth-order valence-corrected chi connectivity index (χ4v) is 9.33. The molecule has 4 fully saturated rings. The van der Waals surface area contributed by atoms with E-state index in [1.165, 1.54) is 19.4 Å². The molecule has 16 heteroatoms. The van der Waals surface area contributed by atoms with Crippen molar-refractivity contribution in [3.8, 4) is 11.1 Å². The highest BCUT2D eigenvalue weighted by molar-refractivity contribution is 6.47. The second-order valence-electron chi connectivity index (χ2n) is 18.4. The second kappa shape index (κ2) is 21.4. The molecule has 2 aromatic carbocycles. The summed E-state index contributed by atoms with van der Waals surface area (Å²) in [5.74, 6) is -2.74. The van der Waals surface area contributed by atoms with Gasteiger partial charge < -0.3 is 52.5 Å². The van der Waals surface area contributed by atoms with Crippen LogP contribution in [-0.2, 0) is 34.9 Å². The molecule has 10 N–H and O–H groups in total. The van der Waals surface area contributed by atoms with E-state index in [9.17, 15) is 29.1 Å². The normalized spacial score (nSPS) is 23.9. The van der Waals surface area contributed by atoms with Crippen molar-refractivity contribution in [3.63, 3.8) is 0 Å². The van der Waals surface area contributed by atoms with Gasteiger partial charge in [0, 0.05) is 5.56 Å². The molecule has 3 aliphatic carbocycles. The van der Waals surface area contributed by atoms with Gasteiger partial charge in [-0.1, -0.05) is 63.6 Å². The summed E-state index contributed by atoms with van der Waals surface area (Å²) in [6.45, 7) is 13.9. The predicted molar refractivity (Wildman–Crippen MR) is 239 cm³/mol. The van der Waals surface area contributed by atoms with E-state index in [1.807, 2.05) is 19.1 Å². The number of hydrogen-bond acceptors (Lipinski definition) is 10. The van der Waals surface area contributed by atoms with Crippen LogP contribution in [0.5, 0.6) is 0 Å². The molecule has 3 saturated carbocycles. The van der Waals surface area contributed by atoms with Crippen molar-refractivity contribution >= 4 is 36.7 Å². The van der Waals surface area contributed by atoms with Crippen molar-refractivity contribution in [2.75, 3.05) is 13.1 Å². The highest BCUT2D eigenvalue weighted by Gasteiger charge is 2.68. The summed E-state index contributed by atoms with van der Waals surface area (Å²) in [6.07, 6.45) is 5.41. The van der Waals surface area contributed by atoms with Gasteiger partial charge >= 0.3 is 7.12 Å². The Morgan fingerprint density at radius 2 is 1.39 bits per heavy atom. The Hall–Kier alpha value is -4.35. The van der Waals surface area contributed by atoms with Gasteiger partial charge in [0.1, 0.15) is 24.2 Å². The molecule has 6 rings (SSSR count). The molecular formula is C46H70BN7O8. The zero-order chi connectivity index (χ0) is 45.4. The van der Waals surface area contributed by atoms with Gasteiger partial charge in [-0.25, -0.2) is 0 Å². The summed E-state index contributed by atoms with van der Waals surface area (Å²) in [5.41, 5.74) is 14.8. The summed E-state index contributed by atoms with van der Waals surface area (Å²) in [6, 6.07) is 10.6. The van der Waals surface area contributed by atoms with E-state index in [1.54, 1.807) is 12.1 Å². The first-order chi connectivity index (χ1) is 29.4. The maximum Gasteiger partial charge on any atom is 0.481 e. The topological polar surface area (TPSA) is 236 Å². The zero-order valence-corrected chi connectivity index (χ0v) is 37.6. The van der Waals surface area contributed by atoms with Crippen molar-refractivity contribution in [1.29, 1.82) is 0 Å². The van der Waals surface area contributed by atoms with Crippen LogP contribution >= 0.6 is 0 Å². The number of nitrogens with one attached hydrogen (secondary N) is 5. The van der Waals surface area contributed by atoms with Crippen molar-refractivity contribution in [2.24, 2.45) is 28.7 Å². The van der Waals surface area contributed by atoms with E-state index in [0.717, 1.165) is 43.2 Å². The summed E-state index contributed by atoms with van der Waals surface area (Å²) < 4.78 is 12.9. The number of carbonyl (C=O) groups is 5. The van der Waals surface area contributed by atoms with Crippen LogP contribution < -0.4 is 38.1 Å². The average molecular weight is 860 g/mol. The number of carbonyl (C=O) groups excluding carboxylic acids is 5. The van der Waals surface area contributed by atoms with Crippen LogP contribution in [0.1, 0.15) is 116 Å². The maximum absolute atomic E-state index is 13.7. The van der Waals surface area contributed by atoms with Gasteiger partial charge in [-0.05, 0) is 138 Å². The summed E-state index contributed by atoms with van der Waals surface area (Å²) >= 11 is 0. The van der Waals surface area contributed by atoms with Gasteiger partial charge in [-0.3, -0.25) is 24.0 Å². The SMILES string of the molecule is CCCCc1ccc(-c2ccc(C(=O)N[C@@H](CCN)C(=O)N[C@H](C(=O)N[C@@H](C)C(=O)N[C@@H](CCCCN)C(=O)N[C@H](C)B3OC4C[C@@H]5C[C@@H](C5(C)C)[C@]4(C)O3)[C@@H](C)O)cc2)cc1. The molecule has 62 heavy (non-hydrogen) atoms. The van der Waals surface area contributed by atoms with Crippen LogP contribution in [0.2, 0.25) is 0 Å². The fraction of sp³-hybridized carbons (Fsp3) is 0.630. The molecule has 0 aromatic heterocycles. The smallest absolute Gasteiger partial charge is 0.404 e. The molecule has 2 bridgehead atoms. The lowest BCUT2D eigenvalue weighted by Crippen LogP contribution is -2.65. The summed E-state index contributed by atoms with van der Waals surface area (Å²) in [5, 5.41) is 24.1. The zero-order valence-electron chi connectivity index (χ0n) is 37.6. The van der Waals surface area contributed by atoms with Gasteiger partial charge in [-0.15, -0.1) is 0 Å². The van der Waals surface area contributed by atoms with Crippen molar-refractivity contribution in [1.82, 2.24) is 26.6 Å². The molecular weight excluding hydrogens is 789 g/mol. The molecule has 1 saturated heterocycles. The van der Waals surface area contributed by atoms with Crippen LogP contribution in [0, 0.1) is 17.3 Å². The Morgan fingerprint density at radius 3 is 1.98 bits per heavy atom. The highest BCUT2D eigenvalue weighted by atomic mass is 16.7. The Balaban J connectivity index is 1.15. The molecule has 0 spiro atoms. The molecule has 340 valence electrons. The van der Waals surface area contributed by atoms with E-state index in [-0.39, 0.29) is 24.5 Å². The number of aliphatic hydroxyl groups excluding tert-OH is 1. The van der Waals surface area contributed by atoms with E-state index in [2.05, 4.69) is 78.5 Å². The number of aryl methyl sites for hydroxylation is 1. The number of benzene rings is 2. The first-order valence-electron chi connectivity index (χ1n) is 22.6. The van der Waals surface area contributed by atoms with Crippen LogP contribution in [0.15, 0.2) is 48.5 Å². The first-order valence-corrected chi connectivity index (χ1v) is 22.6. The minimum atomic E-state index is -1.49. The first kappa shape index (κ1) is 48.7. The highest BCUT2D eigenvalue weighted by Crippen LogP contribution is 2.65. The fourth-order valence-electron chi connectivity index (χ4n) is 9.33. The number of rotatable bonds is 22. The number of nitrogens with two attached hydrogens (primary N) is 2. The van der Waals surface area contributed by atoms with Gasteiger partial charge in [0.05, 0.1) is 23.8 Å². The standard InChI is InChI=1S/C46H70BN7O8/c1-8-9-12-30-14-16-31(17-15-30)32-18-20-33(21-19-32)41(57)53-36(22-24-49)43(59)54-39(28(3)55)44(60)50-27(2)40(56)52-35(13-10-11-23-48)42(58)51-29(4)47-61-38-26-34-25-37(45(34,5)6)46(38,7)62-47/h14-21,27-29,34-39,55H,8-13,22-26,48-49H2,1-7H3,(H,50,60)(H,51,58)(H,52,56)(H,53,57)(H,54,59)/t27-,28+,29+,34-,35-,36-,37-,38?,39-,46-/m0/s1. The molecule has 1 aliphatic heterocycles. The quantitative estimate of drug-likeness (QED) is 0.0637. The van der Waals surface area contributed by atoms with Gasteiger partial charge in [0.15, 0.2) is 0 Å². The Morgan fingerprint density at radius 1 is 0.758 bits per heavy atom. The van der Waals surface area contributed by atoms with Gasteiger partial charge in [0.2, 0.25) is 23.6 Å². The Bertz CT molecular complexity index is 1860. The van der Waals surface area contributed by atoms with E-state index < -0.39 is 78.5 Å². The van der Waals surface area contributed by atoms with E-state index in [0.29, 0.717) is 43.2 Å². The van der Waals surface area contributed by atoms with Crippen molar-refractivity contribution < 1.29 is 38.4 Å². The minimum absolute atomic E-state index is 0.0486. The number of aliphatic hydroxyl groups is 1. The Kier molecular flexibility index (Phi) is 16.8. The monoisotopic (exact) mass is 860 g/mol. The number of amides is 5. The molecule has 0 radical (unpaired) electrons. The molecule has 15 nitrogen and oxygen atoms in total. The van der Waals surface area contributed by atoms with Crippen LogP contribution in [0.25, 0.3) is 11.1 Å². The third-order valence-electron chi connectivity index (χ3n) is 13.5. The molecule has 4 aliphatic rings. The average Bonchev–Trinajstić information content (AvgIpc) is 3.61. The molecule has 1 unspecified atom stereocenters. The van der Waals surface area contributed by atoms with E-state index in [4.69, 9.17) is 20.8 Å². The molecule has 1 heterocycles. The van der Waals surface area contributed by atoms with Gasteiger partial charge in [0.25, 0.3) is 5.91 Å². The summed E-state index contributed by atoms with van der Waals surface area (Å²) in [7, 11) is -0.650. The van der Waals surface area contributed by atoms with Crippen LogP contribution in [0.4, 0.5) is 0 Å². The summed E-state index contributed by atoms with van der Waals surface area (Å²) in [4.78, 5) is 67.5. The van der Waals surface area contributed by atoms with Crippen LogP contribution in [-0.4, -0.2) is 103 Å². The molecule has 10 atom stereocenters. The largest absolute Gasteiger partial charge is 0.481 e. The second-order valence-corrected chi connectivity index (χ2v) is 18.4. The number of unbranched alkanes of at least 4 members (excludes halogenated alkanes) is 2. The van der Waals surface area contributed by atoms with E-state index >= 15 is 0 Å². The van der Waals surface area contributed by atoms with Crippen LogP contribution in [0.3, 0.4) is 0 Å². The lowest BCUT2D eigenvalue weighted by molar-refractivity contribution is -0.199. The van der Waals surface area contributed by atoms with Gasteiger partial charge in [-0.2, -0.15) is 0 Å². The molecule has 5 amide bonds.